The largest absolute Gasteiger partial charge is 0.363 e. The highest BCUT2D eigenvalue weighted by atomic mass is 79.9. The van der Waals surface area contributed by atoms with Crippen LogP contribution in [0.5, 0.6) is 0 Å². The van der Waals surface area contributed by atoms with E-state index < -0.39 is 0 Å². The maximum Gasteiger partial charge on any atom is 0.162 e. The number of piperidine rings is 1. The summed E-state index contributed by atoms with van der Waals surface area (Å²) in [6.45, 7) is 0. The van der Waals surface area contributed by atoms with Gasteiger partial charge in [0.05, 0.1) is 15.7 Å². The minimum Gasteiger partial charge on any atom is -0.363 e. The molecule has 2 heterocycles. The zero-order valence-corrected chi connectivity index (χ0v) is 12.0. The summed E-state index contributed by atoms with van der Waals surface area (Å²) in [6, 6.07) is 6.29. The van der Waals surface area contributed by atoms with E-state index in [1.54, 1.807) is 12.1 Å². The standard InChI is InChI=1S/C14H15BrFN3/c15-13-8(7-17)1-4-12(14(13)16)19-10-2-3-11(19)6-9(18)5-10/h1,4,9-11H,2-3,5-6,18H2. The van der Waals surface area contributed by atoms with Crippen LogP contribution in [-0.2, 0) is 0 Å². The first-order valence-corrected chi connectivity index (χ1v) is 7.33. The molecule has 3 nitrogen and oxygen atoms in total. The molecule has 2 aliphatic rings. The lowest BCUT2D eigenvalue weighted by molar-refractivity contribution is 0.409. The van der Waals surface area contributed by atoms with Crippen molar-refractivity contribution in [3.8, 4) is 6.07 Å². The molecule has 2 saturated heterocycles. The van der Waals surface area contributed by atoms with Crippen LogP contribution in [0, 0.1) is 17.1 Å². The summed E-state index contributed by atoms with van der Waals surface area (Å²) < 4.78 is 14.7. The highest BCUT2D eigenvalue weighted by molar-refractivity contribution is 9.10. The topological polar surface area (TPSA) is 53.0 Å². The molecule has 0 amide bonds. The Kier molecular flexibility index (Phi) is 3.23. The van der Waals surface area contributed by atoms with Crippen molar-refractivity contribution in [1.29, 1.82) is 5.26 Å². The highest BCUT2D eigenvalue weighted by Gasteiger charge is 2.40. The molecule has 2 atom stereocenters. The van der Waals surface area contributed by atoms with Crippen LogP contribution in [0.2, 0.25) is 0 Å². The number of nitrogens with zero attached hydrogens (tertiary/aromatic N) is 2. The van der Waals surface area contributed by atoms with E-state index in [9.17, 15) is 4.39 Å². The lowest BCUT2D eigenvalue weighted by atomic mass is 9.97. The van der Waals surface area contributed by atoms with Crippen molar-refractivity contribution in [2.24, 2.45) is 5.73 Å². The van der Waals surface area contributed by atoms with E-state index in [0.717, 1.165) is 25.7 Å². The molecule has 0 aromatic heterocycles. The fraction of sp³-hybridized carbons (Fsp3) is 0.500. The molecular formula is C14H15BrFN3. The van der Waals surface area contributed by atoms with Crippen LogP contribution in [0.4, 0.5) is 10.1 Å². The lowest BCUT2D eigenvalue weighted by Crippen LogP contribution is -2.47. The van der Waals surface area contributed by atoms with Crippen molar-refractivity contribution in [1.82, 2.24) is 0 Å². The number of anilines is 1. The van der Waals surface area contributed by atoms with Gasteiger partial charge in [0.25, 0.3) is 0 Å². The maximum atomic E-state index is 14.4. The summed E-state index contributed by atoms with van der Waals surface area (Å²) in [5.41, 5.74) is 6.97. The maximum absolute atomic E-state index is 14.4. The third-order valence-electron chi connectivity index (χ3n) is 4.23. The van der Waals surface area contributed by atoms with Gasteiger partial charge in [-0.25, -0.2) is 4.39 Å². The molecule has 3 rings (SSSR count). The molecule has 0 spiro atoms. The monoisotopic (exact) mass is 323 g/mol. The summed E-state index contributed by atoms with van der Waals surface area (Å²) in [6.07, 6.45) is 4.01. The zero-order chi connectivity index (χ0) is 13.6. The van der Waals surface area contributed by atoms with Crippen molar-refractivity contribution in [2.45, 2.75) is 43.8 Å². The number of hydrogen-bond donors (Lipinski definition) is 1. The Labute approximate surface area is 120 Å². The Morgan fingerprint density at radius 2 is 1.95 bits per heavy atom. The lowest BCUT2D eigenvalue weighted by Gasteiger charge is -2.39. The van der Waals surface area contributed by atoms with Gasteiger partial charge in [-0.2, -0.15) is 5.26 Å². The average Bonchev–Trinajstić information content (AvgIpc) is 2.65. The molecule has 5 heteroatoms. The number of rotatable bonds is 1. The molecule has 2 aliphatic heterocycles. The van der Waals surface area contributed by atoms with Gasteiger partial charge in [-0.1, -0.05) is 0 Å². The molecule has 2 bridgehead atoms. The fourth-order valence-electron chi connectivity index (χ4n) is 3.44. The number of benzene rings is 1. The molecule has 2 fully saturated rings. The van der Waals surface area contributed by atoms with E-state index in [4.69, 9.17) is 11.0 Å². The first kappa shape index (κ1) is 12.9. The van der Waals surface area contributed by atoms with Gasteiger partial charge in [-0.05, 0) is 53.7 Å². The van der Waals surface area contributed by atoms with Gasteiger partial charge in [-0.3, -0.25) is 0 Å². The number of fused-ring (bicyclic) bond motifs is 2. The summed E-state index contributed by atoms with van der Waals surface area (Å²) in [7, 11) is 0. The van der Waals surface area contributed by atoms with E-state index in [-0.39, 0.29) is 16.3 Å². The van der Waals surface area contributed by atoms with Gasteiger partial charge >= 0.3 is 0 Å². The van der Waals surface area contributed by atoms with Crippen molar-refractivity contribution in [3.05, 3.63) is 28.0 Å². The van der Waals surface area contributed by atoms with Crippen LogP contribution in [0.3, 0.4) is 0 Å². The minimum atomic E-state index is -0.327. The zero-order valence-electron chi connectivity index (χ0n) is 10.4. The summed E-state index contributed by atoms with van der Waals surface area (Å²) in [5.74, 6) is -0.327. The number of halogens is 2. The Hall–Kier alpha value is -1.12. The van der Waals surface area contributed by atoms with Crippen molar-refractivity contribution in [2.75, 3.05) is 4.90 Å². The fourth-order valence-corrected chi connectivity index (χ4v) is 3.86. The predicted octanol–water partition coefficient (Wildman–Crippen LogP) is 2.92. The molecule has 0 saturated carbocycles. The highest BCUT2D eigenvalue weighted by Crippen LogP contribution is 2.41. The van der Waals surface area contributed by atoms with Crippen molar-refractivity contribution >= 4 is 21.6 Å². The van der Waals surface area contributed by atoms with Crippen LogP contribution >= 0.6 is 15.9 Å². The molecule has 2 unspecified atom stereocenters. The van der Waals surface area contributed by atoms with Gasteiger partial charge < -0.3 is 10.6 Å². The van der Waals surface area contributed by atoms with Crippen LogP contribution in [0.15, 0.2) is 16.6 Å². The quantitative estimate of drug-likeness (QED) is 0.864. The van der Waals surface area contributed by atoms with Gasteiger partial charge in [-0.15, -0.1) is 0 Å². The number of nitrogens with two attached hydrogens (primary N) is 1. The van der Waals surface area contributed by atoms with Gasteiger partial charge in [0.15, 0.2) is 5.82 Å². The summed E-state index contributed by atoms with van der Waals surface area (Å²) >= 11 is 3.18. The summed E-state index contributed by atoms with van der Waals surface area (Å²) in [4.78, 5) is 2.17. The summed E-state index contributed by atoms with van der Waals surface area (Å²) in [5, 5.41) is 8.92. The molecule has 1 aromatic carbocycles. The first-order valence-electron chi connectivity index (χ1n) is 6.54. The SMILES string of the molecule is N#Cc1ccc(N2C3CCC2CC(N)C3)c(F)c1Br. The Bertz CT molecular complexity index is 540. The number of nitriles is 1. The average molecular weight is 324 g/mol. The molecule has 19 heavy (non-hydrogen) atoms. The van der Waals surface area contributed by atoms with E-state index >= 15 is 0 Å². The second-order valence-corrected chi connectivity index (χ2v) is 6.19. The minimum absolute atomic E-state index is 0.235. The van der Waals surface area contributed by atoms with Crippen LogP contribution < -0.4 is 10.6 Å². The van der Waals surface area contributed by atoms with Crippen LogP contribution in [0.1, 0.15) is 31.2 Å². The number of hydrogen-bond acceptors (Lipinski definition) is 3. The second kappa shape index (κ2) is 4.77. The van der Waals surface area contributed by atoms with Gasteiger partial charge in [0, 0.05) is 18.1 Å². The van der Waals surface area contributed by atoms with Gasteiger partial charge in [0.1, 0.15) is 6.07 Å². The molecular weight excluding hydrogens is 309 g/mol. The second-order valence-electron chi connectivity index (χ2n) is 5.40. The normalized spacial score (nSPS) is 29.4. The first-order chi connectivity index (χ1) is 9.11. The van der Waals surface area contributed by atoms with E-state index in [2.05, 4.69) is 20.8 Å². The molecule has 100 valence electrons. The Morgan fingerprint density at radius 1 is 1.32 bits per heavy atom. The van der Waals surface area contributed by atoms with E-state index in [1.807, 2.05) is 6.07 Å². The molecule has 2 N–H and O–H groups in total. The molecule has 0 radical (unpaired) electrons. The van der Waals surface area contributed by atoms with Crippen molar-refractivity contribution in [3.63, 3.8) is 0 Å². The third-order valence-corrected chi connectivity index (χ3v) is 5.01. The predicted molar refractivity (Wildman–Crippen MR) is 75.3 cm³/mol. The van der Waals surface area contributed by atoms with E-state index in [0.29, 0.717) is 23.3 Å². The Morgan fingerprint density at radius 3 is 2.53 bits per heavy atom. The van der Waals surface area contributed by atoms with E-state index in [1.165, 1.54) is 0 Å². The van der Waals surface area contributed by atoms with Gasteiger partial charge in [0.2, 0.25) is 0 Å². The van der Waals surface area contributed by atoms with Crippen molar-refractivity contribution < 1.29 is 4.39 Å². The van der Waals surface area contributed by atoms with Crippen LogP contribution in [-0.4, -0.2) is 18.1 Å². The Balaban J connectivity index is 2.00. The molecule has 0 aliphatic carbocycles. The third kappa shape index (κ3) is 2.03. The smallest absolute Gasteiger partial charge is 0.162 e. The molecule has 1 aromatic rings. The van der Waals surface area contributed by atoms with Crippen LogP contribution in [0.25, 0.3) is 0 Å².